The van der Waals surface area contributed by atoms with Crippen molar-refractivity contribution in [2.75, 3.05) is 0 Å². The molecule has 0 aromatic heterocycles. The van der Waals surface area contributed by atoms with Crippen molar-refractivity contribution in [2.45, 2.75) is 0 Å². The summed E-state index contributed by atoms with van der Waals surface area (Å²) in [4.78, 5) is 0. The van der Waals surface area contributed by atoms with E-state index < -0.39 is 0 Å². The van der Waals surface area contributed by atoms with Crippen LogP contribution in [0.15, 0.2) is 182 Å². The molecule has 0 saturated heterocycles. The Morgan fingerprint density at radius 2 is 0.760 bits per heavy atom. The number of benzene rings is 10. The Hall–Kier alpha value is -6.50. The fraction of sp³-hybridized carbons (Fsp3) is 0. The first-order valence-corrected chi connectivity index (χ1v) is 17.4. The molecule has 0 spiro atoms. The molecular weight excluding hydrogens is 601 g/mol. The Morgan fingerprint density at radius 1 is 0.220 bits per heavy atom. The first-order chi connectivity index (χ1) is 24.8. The van der Waals surface area contributed by atoms with Gasteiger partial charge in [-0.15, -0.1) is 0 Å². The smallest absolute Gasteiger partial charge is 0.00197 e. The fourth-order valence-electron chi connectivity index (χ4n) is 8.86. The fourth-order valence-corrected chi connectivity index (χ4v) is 8.86. The van der Waals surface area contributed by atoms with E-state index in [9.17, 15) is 0 Å². The highest BCUT2D eigenvalue weighted by molar-refractivity contribution is 6.29. The van der Waals surface area contributed by atoms with E-state index in [2.05, 4.69) is 182 Å². The van der Waals surface area contributed by atoms with Crippen LogP contribution in [-0.4, -0.2) is 0 Å². The summed E-state index contributed by atoms with van der Waals surface area (Å²) in [5.74, 6) is 0. The second-order valence-electron chi connectivity index (χ2n) is 13.5. The maximum atomic E-state index is 2.44. The number of rotatable bonds is 3. The van der Waals surface area contributed by atoms with Crippen molar-refractivity contribution in [3.8, 4) is 55.6 Å². The SMILES string of the molecule is c1ccc(-c2ccc3c(-c4ccc5c6c(cccc46)-c4ccccc4-5)c4ccccc4c(-c4cc5ccccc5c5ccccc45)c3c2)cc1. The minimum atomic E-state index is 1.22. The summed E-state index contributed by atoms with van der Waals surface area (Å²) in [5.41, 5.74) is 12.9. The van der Waals surface area contributed by atoms with Crippen molar-refractivity contribution in [2.24, 2.45) is 0 Å². The predicted molar refractivity (Wildman–Crippen MR) is 215 cm³/mol. The van der Waals surface area contributed by atoms with Crippen LogP contribution in [0, 0.1) is 0 Å². The third kappa shape index (κ3) is 3.82. The highest BCUT2D eigenvalue weighted by Gasteiger charge is 2.25. The van der Waals surface area contributed by atoms with Gasteiger partial charge in [0, 0.05) is 0 Å². The summed E-state index contributed by atoms with van der Waals surface area (Å²) < 4.78 is 0. The Bertz CT molecular complexity index is 2990. The highest BCUT2D eigenvalue weighted by atomic mass is 14.3. The highest BCUT2D eigenvalue weighted by Crippen LogP contribution is 2.52. The lowest BCUT2D eigenvalue weighted by Gasteiger charge is -2.21. The molecule has 0 bridgehead atoms. The van der Waals surface area contributed by atoms with Gasteiger partial charge >= 0.3 is 0 Å². The van der Waals surface area contributed by atoms with Crippen LogP contribution >= 0.6 is 0 Å². The van der Waals surface area contributed by atoms with Crippen LogP contribution in [-0.2, 0) is 0 Å². The van der Waals surface area contributed by atoms with E-state index in [1.807, 2.05) is 0 Å². The normalized spacial score (nSPS) is 12.0. The molecular formula is C50H30. The molecule has 0 radical (unpaired) electrons. The average Bonchev–Trinajstić information content (AvgIpc) is 3.52. The summed E-state index contributed by atoms with van der Waals surface area (Å²) >= 11 is 0. The van der Waals surface area contributed by atoms with Crippen LogP contribution in [0.5, 0.6) is 0 Å². The Kier molecular flexibility index (Phi) is 5.76. The van der Waals surface area contributed by atoms with Gasteiger partial charge < -0.3 is 0 Å². The first-order valence-electron chi connectivity index (χ1n) is 17.4. The first kappa shape index (κ1) is 27.5. The summed E-state index contributed by atoms with van der Waals surface area (Å²) in [5, 5.41) is 12.9. The molecule has 230 valence electrons. The van der Waals surface area contributed by atoms with Crippen LogP contribution in [0.4, 0.5) is 0 Å². The molecule has 50 heavy (non-hydrogen) atoms. The van der Waals surface area contributed by atoms with E-state index >= 15 is 0 Å². The quantitative estimate of drug-likeness (QED) is 0.135. The zero-order chi connectivity index (χ0) is 32.8. The molecule has 0 amide bonds. The molecule has 11 rings (SSSR count). The topological polar surface area (TPSA) is 0 Å². The summed E-state index contributed by atoms with van der Waals surface area (Å²) in [6, 6.07) is 67.6. The number of fused-ring (bicyclic) bond motifs is 8. The van der Waals surface area contributed by atoms with Crippen molar-refractivity contribution >= 4 is 53.9 Å². The van der Waals surface area contributed by atoms with Crippen LogP contribution in [0.1, 0.15) is 0 Å². The van der Waals surface area contributed by atoms with Crippen LogP contribution < -0.4 is 0 Å². The van der Waals surface area contributed by atoms with Gasteiger partial charge in [-0.25, -0.2) is 0 Å². The van der Waals surface area contributed by atoms with Crippen LogP contribution in [0.25, 0.3) is 109 Å². The average molecular weight is 631 g/mol. The molecule has 0 atom stereocenters. The van der Waals surface area contributed by atoms with E-state index in [-0.39, 0.29) is 0 Å². The summed E-state index contributed by atoms with van der Waals surface area (Å²) in [7, 11) is 0. The molecule has 0 N–H and O–H groups in total. The number of hydrogen-bond acceptors (Lipinski definition) is 0. The van der Waals surface area contributed by atoms with Gasteiger partial charge in [0.2, 0.25) is 0 Å². The number of hydrogen-bond donors (Lipinski definition) is 0. The van der Waals surface area contributed by atoms with Crippen molar-refractivity contribution in [1.82, 2.24) is 0 Å². The minimum Gasteiger partial charge on any atom is -0.0622 e. The lowest BCUT2D eigenvalue weighted by atomic mass is 9.82. The Balaban J connectivity index is 1.32. The van der Waals surface area contributed by atoms with Gasteiger partial charge in [0.1, 0.15) is 0 Å². The molecule has 0 saturated carbocycles. The van der Waals surface area contributed by atoms with E-state index in [1.165, 1.54) is 109 Å². The third-order valence-electron chi connectivity index (χ3n) is 11.0. The Labute approximate surface area is 290 Å². The second-order valence-corrected chi connectivity index (χ2v) is 13.5. The monoisotopic (exact) mass is 630 g/mol. The minimum absolute atomic E-state index is 1.22. The van der Waals surface area contributed by atoms with Gasteiger partial charge in [-0.1, -0.05) is 170 Å². The van der Waals surface area contributed by atoms with Crippen molar-refractivity contribution in [3.63, 3.8) is 0 Å². The molecule has 0 heterocycles. The molecule has 0 aliphatic heterocycles. The second kappa shape index (κ2) is 10.5. The zero-order valence-electron chi connectivity index (χ0n) is 27.3. The standard InChI is InChI=1S/C50H30/c1-2-13-31(14-3-1)32-25-26-45-47(29-32)50(46-30-33-15-4-5-16-34(33)35-17-6-9-20-38(35)46)41-22-11-10-21-40(41)49(45)44-28-27-43-37-19-8-7-18-36(37)39-23-12-24-42(44)48(39)43/h1-30H. The molecule has 0 fully saturated rings. The van der Waals surface area contributed by atoms with Crippen molar-refractivity contribution in [1.29, 1.82) is 0 Å². The predicted octanol–water partition coefficient (Wildman–Crippen LogP) is 14.1. The van der Waals surface area contributed by atoms with E-state index in [0.717, 1.165) is 0 Å². The van der Waals surface area contributed by atoms with Gasteiger partial charge in [-0.05, 0) is 122 Å². The van der Waals surface area contributed by atoms with Gasteiger partial charge in [0.05, 0.1) is 0 Å². The van der Waals surface area contributed by atoms with Gasteiger partial charge in [-0.2, -0.15) is 0 Å². The molecule has 0 nitrogen and oxygen atoms in total. The molecule has 10 aromatic rings. The molecule has 10 aromatic carbocycles. The van der Waals surface area contributed by atoms with Gasteiger partial charge in [0.15, 0.2) is 0 Å². The summed E-state index contributed by atoms with van der Waals surface area (Å²) in [6.45, 7) is 0. The molecule has 0 heteroatoms. The van der Waals surface area contributed by atoms with Gasteiger partial charge in [0.25, 0.3) is 0 Å². The summed E-state index contributed by atoms with van der Waals surface area (Å²) in [6.07, 6.45) is 0. The van der Waals surface area contributed by atoms with E-state index in [1.54, 1.807) is 0 Å². The van der Waals surface area contributed by atoms with E-state index in [0.29, 0.717) is 0 Å². The van der Waals surface area contributed by atoms with E-state index in [4.69, 9.17) is 0 Å². The van der Waals surface area contributed by atoms with Gasteiger partial charge in [-0.3, -0.25) is 0 Å². The maximum absolute atomic E-state index is 2.44. The van der Waals surface area contributed by atoms with Crippen molar-refractivity contribution < 1.29 is 0 Å². The maximum Gasteiger partial charge on any atom is -0.00197 e. The lowest BCUT2D eigenvalue weighted by Crippen LogP contribution is -1.94. The lowest BCUT2D eigenvalue weighted by molar-refractivity contribution is 1.64. The molecule has 0 unspecified atom stereocenters. The third-order valence-corrected chi connectivity index (χ3v) is 11.0. The largest absolute Gasteiger partial charge is 0.0622 e. The van der Waals surface area contributed by atoms with Crippen LogP contribution in [0.3, 0.4) is 0 Å². The van der Waals surface area contributed by atoms with Crippen molar-refractivity contribution in [3.05, 3.63) is 182 Å². The zero-order valence-corrected chi connectivity index (χ0v) is 27.3. The Morgan fingerprint density at radius 3 is 1.54 bits per heavy atom. The molecule has 1 aliphatic carbocycles. The molecule has 1 aliphatic rings. The van der Waals surface area contributed by atoms with Crippen LogP contribution in [0.2, 0.25) is 0 Å².